The molecule has 4 atom stereocenters. The lowest BCUT2D eigenvalue weighted by atomic mass is 9.91. The number of ether oxygens (including phenoxy) is 2. The molecule has 0 bridgehead atoms. The fourth-order valence-corrected chi connectivity index (χ4v) is 6.54. The lowest BCUT2D eigenvalue weighted by Crippen LogP contribution is -2.39. The van der Waals surface area contributed by atoms with E-state index in [4.69, 9.17) is 14.6 Å². The van der Waals surface area contributed by atoms with Gasteiger partial charge in [-0.1, -0.05) is 91.5 Å². The summed E-state index contributed by atoms with van der Waals surface area (Å²) >= 11 is 1.45. The van der Waals surface area contributed by atoms with Gasteiger partial charge in [0.2, 0.25) is 5.91 Å². The Kier molecular flexibility index (Phi) is 11.4. The van der Waals surface area contributed by atoms with Gasteiger partial charge in [-0.05, 0) is 40.3 Å². The predicted octanol–water partition coefficient (Wildman–Crippen LogP) is 5.93. The standard InChI is InChI=1S/C36H38N2O7S/c1-24-31(23-46-33-10-4-5-20-38(33)43)44-36(45-35(24)27-14-12-25(22-39)13-15-27)28-18-16-26(17-19-28)30-8-3-2-7-29(30)21-37-32(40)9-6-11-34(41)42/h2-5,7-8,10,12-20,24,31,35-36,39H,6,9,11,21-23H2,1H3,(H,37,40)(H,41,42)/t24-,31+,35+,36+/m1/s1. The summed E-state index contributed by atoms with van der Waals surface area (Å²) in [5.41, 5.74) is 5.55. The van der Waals surface area contributed by atoms with Crippen LogP contribution in [0.4, 0.5) is 0 Å². The molecular weight excluding hydrogens is 604 g/mol. The number of aliphatic carboxylic acids is 1. The van der Waals surface area contributed by atoms with Crippen molar-refractivity contribution in [3.05, 3.63) is 125 Å². The molecule has 240 valence electrons. The number of thioether (sulfide) groups is 1. The second-order valence-electron chi connectivity index (χ2n) is 11.3. The first-order valence-electron chi connectivity index (χ1n) is 15.3. The Morgan fingerprint density at radius 2 is 1.63 bits per heavy atom. The first-order valence-corrected chi connectivity index (χ1v) is 16.3. The Morgan fingerprint density at radius 1 is 0.913 bits per heavy atom. The highest BCUT2D eigenvalue weighted by Gasteiger charge is 2.38. The molecule has 0 unspecified atom stereocenters. The highest BCUT2D eigenvalue weighted by atomic mass is 32.2. The van der Waals surface area contributed by atoms with Crippen LogP contribution in [0.2, 0.25) is 0 Å². The van der Waals surface area contributed by atoms with Gasteiger partial charge in [0.15, 0.2) is 12.5 Å². The van der Waals surface area contributed by atoms with Crippen molar-refractivity contribution in [2.45, 2.75) is 62.9 Å². The maximum absolute atomic E-state index is 12.3. The molecule has 1 fully saturated rings. The molecule has 1 aliphatic heterocycles. The zero-order valence-electron chi connectivity index (χ0n) is 25.6. The van der Waals surface area contributed by atoms with Gasteiger partial charge in [0.05, 0.1) is 18.8 Å². The molecule has 1 aliphatic rings. The number of nitrogens with zero attached hydrogens (tertiary/aromatic N) is 1. The van der Waals surface area contributed by atoms with Crippen molar-refractivity contribution in [1.29, 1.82) is 0 Å². The topological polar surface area (TPSA) is 132 Å². The average Bonchev–Trinajstić information content (AvgIpc) is 3.07. The summed E-state index contributed by atoms with van der Waals surface area (Å²) in [4.78, 5) is 23.0. The SMILES string of the molecule is C[C@@H]1[C@H](CSc2cccc[n+]2[O-])O[C@H](c2ccc(-c3ccccc3CNC(=O)CCCC(=O)O)cc2)O[C@@H]1c1ccc(CO)cc1. The molecule has 0 aliphatic carbocycles. The van der Waals surface area contributed by atoms with Crippen LogP contribution in [0.3, 0.4) is 0 Å². The van der Waals surface area contributed by atoms with Crippen LogP contribution in [-0.2, 0) is 32.2 Å². The number of aliphatic hydroxyl groups excluding tert-OH is 1. The van der Waals surface area contributed by atoms with Crippen molar-refractivity contribution < 1.29 is 34.0 Å². The minimum atomic E-state index is -0.911. The van der Waals surface area contributed by atoms with Crippen molar-refractivity contribution in [2.75, 3.05) is 5.75 Å². The van der Waals surface area contributed by atoms with E-state index in [1.165, 1.54) is 18.0 Å². The number of aromatic nitrogens is 1. The van der Waals surface area contributed by atoms with Crippen LogP contribution in [-0.4, -0.2) is 33.9 Å². The molecule has 10 heteroatoms. The lowest BCUT2D eigenvalue weighted by molar-refractivity contribution is -0.645. The van der Waals surface area contributed by atoms with E-state index in [0.717, 1.165) is 38.1 Å². The Hall–Kier alpha value is -4.22. The Morgan fingerprint density at radius 3 is 2.35 bits per heavy atom. The van der Waals surface area contributed by atoms with Gasteiger partial charge < -0.3 is 30.2 Å². The van der Waals surface area contributed by atoms with Gasteiger partial charge in [-0.3, -0.25) is 9.59 Å². The summed E-state index contributed by atoms with van der Waals surface area (Å²) in [6, 6.07) is 28.9. The zero-order valence-corrected chi connectivity index (χ0v) is 26.4. The van der Waals surface area contributed by atoms with Gasteiger partial charge in [0.25, 0.3) is 5.03 Å². The number of benzene rings is 3. The quantitative estimate of drug-likeness (QED) is 0.0929. The van der Waals surface area contributed by atoms with Crippen LogP contribution in [0.5, 0.6) is 0 Å². The van der Waals surface area contributed by atoms with Gasteiger partial charge in [-0.25, -0.2) is 0 Å². The second-order valence-corrected chi connectivity index (χ2v) is 12.3. The summed E-state index contributed by atoms with van der Waals surface area (Å²) < 4.78 is 14.0. The van der Waals surface area contributed by atoms with E-state index < -0.39 is 12.3 Å². The first-order chi connectivity index (χ1) is 22.3. The van der Waals surface area contributed by atoms with Gasteiger partial charge >= 0.3 is 5.97 Å². The van der Waals surface area contributed by atoms with E-state index >= 15 is 0 Å². The molecule has 5 rings (SSSR count). The normalized spacial score (nSPS) is 19.4. The average molecular weight is 643 g/mol. The molecule has 1 saturated heterocycles. The first kappa shape index (κ1) is 33.2. The van der Waals surface area contributed by atoms with Crippen LogP contribution in [0.15, 0.2) is 102 Å². The van der Waals surface area contributed by atoms with E-state index in [9.17, 15) is 19.9 Å². The van der Waals surface area contributed by atoms with Gasteiger partial charge in [0.1, 0.15) is 0 Å². The minimum absolute atomic E-state index is 0.0157. The molecule has 3 N–H and O–H groups in total. The van der Waals surface area contributed by atoms with Gasteiger partial charge in [0, 0.05) is 48.8 Å². The fourth-order valence-electron chi connectivity index (χ4n) is 5.46. The number of amides is 1. The summed E-state index contributed by atoms with van der Waals surface area (Å²) in [5.74, 6) is -0.548. The van der Waals surface area contributed by atoms with E-state index in [0.29, 0.717) is 23.7 Å². The molecule has 0 spiro atoms. The minimum Gasteiger partial charge on any atom is -0.618 e. The molecule has 1 aromatic heterocycles. The monoisotopic (exact) mass is 642 g/mol. The van der Waals surface area contributed by atoms with Crippen LogP contribution in [0, 0.1) is 11.1 Å². The summed E-state index contributed by atoms with van der Waals surface area (Å²) in [5, 5.41) is 34.1. The van der Waals surface area contributed by atoms with Gasteiger partial charge in [-0.15, -0.1) is 0 Å². The van der Waals surface area contributed by atoms with Crippen LogP contribution in [0.25, 0.3) is 11.1 Å². The Labute approximate surface area is 272 Å². The second kappa shape index (κ2) is 15.9. The largest absolute Gasteiger partial charge is 0.618 e. The van der Waals surface area contributed by atoms with Gasteiger partial charge in [-0.2, -0.15) is 4.73 Å². The predicted molar refractivity (Wildman–Crippen MR) is 174 cm³/mol. The molecule has 3 aromatic carbocycles. The molecule has 2 heterocycles. The molecule has 0 saturated carbocycles. The zero-order chi connectivity index (χ0) is 32.5. The third kappa shape index (κ3) is 8.52. The Bertz CT molecular complexity index is 1610. The highest BCUT2D eigenvalue weighted by molar-refractivity contribution is 7.99. The summed E-state index contributed by atoms with van der Waals surface area (Å²) in [6.07, 6.45) is 0.783. The third-order valence-corrected chi connectivity index (χ3v) is 9.20. The van der Waals surface area contributed by atoms with E-state index in [1.54, 1.807) is 12.1 Å². The molecule has 46 heavy (non-hydrogen) atoms. The number of hydrogen-bond donors (Lipinski definition) is 3. The van der Waals surface area contributed by atoms with E-state index in [-0.39, 0.29) is 43.5 Å². The lowest BCUT2D eigenvalue weighted by Gasteiger charge is -2.41. The fraction of sp³-hybridized carbons (Fsp3) is 0.306. The number of rotatable bonds is 13. The molecular formula is C36H38N2O7S. The molecule has 0 radical (unpaired) electrons. The van der Waals surface area contributed by atoms with Crippen molar-refractivity contribution >= 4 is 23.6 Å². The molecule has 9 nitrogen and oxygen atoms in total. The van der Waals surface area contributed by atoms with Crippen molar-refractivity contribution in [3.63, 3.8) is 0 Å². The number of carboxylic acid groups (broad SMARTS) is 1. The number of carbonyl (C=O) groups excluding carboxylic acids is 1. The number of nitrogens with one attached hydrogen (secondary N) is 1. The Balaban J connectivity index is 1.33. The van der Waals surface area contributed by atoms with Crippen molar-refractivity contribution in [1.82, 2.24) is 5.32 Å². The van der Waals surface area contributed by atoms with E-state index in [1.807, 2.05) is 78.9 Å². The van der Waals surface area contributed by atoms with Crippen molar-refractivity contribution in [2.24, 2.45) is 5.92 Å². The number of aliphatic hydroxyl groups is 1. The maximum atomic E-state index is 12.3. The number of pyridine rings is 1. The van der Waals surface area contributed by atoms with Crippen LogP contribution < -0.4 is 10.0 Å². The summed E-state index contributed by atoms with van der Waals surface area (Å²) in [7, 11) is 0. The van der Waals surface area contributed by atoms with E-state index in [2.05, 4.69) is 12.2 Å². The highest BCUT2D eigenvalue weighted by Crippen LogP contribution is 2.43. The number of hydrogen-bond acceptors (Lipinski definition) is 7. The third-order valence-electron chi connectivity index (χ3n) is 8.09. The van der Waals surface area contributed by atoms with Crippen molar-refractivity contribution in [3.8, 4) is 11.1 Å². The smallest absolute Gasteiger partial charge is 0.303 e. The summed E-state index contributed by atoms with van der Waals surface area (Å²) in [6.45, 7) is 2.39. The number of carbonyl (C=O) groups is 2. The molecule has 1 amide bonds. The van der Waals surface area contributed by atoms with Crippen LogP contribution >= 0.6 is 11.8 Å². The number of carboxylic acids is 1. The van der Waals surface area contributed by atoms with Crippen LogP contribution in [0.1, 0.15) is 60.8 Å². The maximum Gasteiger partial charge on any atom is 0.303 e. The molecule has 4 aromatic rings.